The summed E-state index contributed by atoms with van der Waals surface area (Å²) in [6.07, 6.45) is 0. The average Bonchev–Trinajstić information content (AvgIpc) is 2.92. The Hall–Kier alpha value is -3.73. The van der Waals surface area contributed by atoms with E-state index in [1.165, 1.54) is 10.4 Å². The van der Waals surface area contributed by atoms with Gasteiger partial charge in [-0.25, -0.2) is 13.2 Å². The lowest BCUT2D eigenvalue weighted by Gasteiger charge is -2.26. The Kier molecular flexibility index (Phi) is 7.99. The van der Waals surface area contributed by atoms with Crippen LogP contribution < -0.4 is 5.32 Å². The standard InChI is InChI=1S/C26H26N2O7S/c29-23-12-11-21(36(32,33)28-13-15-34-16-14-28)17-22(23)26(31)35-18-24(30)27-25(19-7-3-1-4-8-19)20-9-5-2-6-10-20/h1-12,17,25,29H,13-16,18H2,(H,27,30). The summed E-state index contributed by atoms with van der Waals surface area (Å²) in [6, 6.07) is 21.6. The smallest absolute Gasteiger partial charge is 0.342 e. The molecule has 3 aromatic carbocycles. The van der Waals surface area contributed by atoms with Crippen molar-refractivity contribution in [2.45, 2.75) is 10.9 Å². The summed E-state index contributed by atoms with van der Waals surface area (Å²) in [7, 11) is -3.89. The van der Waals surface area contributed by atoms with E-state index in [4.69, 9.17) is 9.47 Å². The molecule has 1 saturated heterocycles. The van der Waals surface area contributed by atoms with Crippen molar-refractivity contribution in [1.82, 2.24) is 9.62 Å². The van der Waals surface area contributed by atoms with Crippen LogP contribution in [-0.4, -0.2) is 62.6 Å². The van der Waals surface area contributed by atoms with Crippen LogP contribution in [0.1, 0.15) is 27.5 Å². The lowest BCUT2D eigenvalue weighted by molar-refractivity contribution is -0.124. The van der Waals surface area contributed by atoms with Crippen LogP contribution in [0.4, 0.5) is 0 Å². The molecule has 0 spiro atoms. The van der Waals surface area contributed by atoms with Gasteiger partial charge in [-0.3, -0.25) is 4.79 Å². The molecule has 0 bridgehead atoms. The highest BCUT2D eigenvalue weighted by Gasteiger charge is 2.28. The molecule has 0 radical (unpaired) electrons. The number of hydrogen-bond donors (Lipinski definition) is 2. The molecule has 0 aromatic heterocycles. The first kappa shape index (κ1) is 25.4. The van der Waals surface area contributed by atoms with E-state index >= 15 is 0 Å². The molecule has 9 nitrogen and oxygen atoms in total. The summed E-state index contributed by atoms with van der Waals surface area (Å²) in [6.45, 7) is 0.303. The van der Waals surface area contributed by atoms with Gasteiger partial charge in [-0.1, -0.05) is 60.7 Å². The van der Waals surface area contributed by atoms with Crippen molar-refractivity contribution < 1.29 is 32.6 Å². The van der Waals surface area contributed by atoms with Crippen molar-refractivity contribution in [2.75, 3.05) is 32.9 Å². The third-order valence-corrected chi connectivity index (χ3v) is 7.60. The maximum atomic E-state index is 12.9. The number of aromatic hydroxyl groups is 1. The molecule has 1 heterocycles. The van der Waals surface area contributed by atoms with Crippen LogP contribution in [0.2, 0.25) is 0 Å². The molecule has 0 atom stereocenters. The molecule has 4 rings (SSSR count). The molecule has 36 heavy (non-hydrogen) atoms. The van der Waals surface area contributed by atoms with Crippen LogP contribution in [0.25, 0.3) is 0 Å². The van der Waals surface area contributed by atoms with Crippen LogP contribution in [0.3, 0.4) is 0 Å². The van der Waals surface area contributed by atoms with E-state index in [-0.39, 0.29) is 36.8 Å². The maximum absolute atomic E-state index is 12.9. The summed E-state index contributed by atoms with van der Waals surface area (Å²) in [5, 5.41) is 13.0. The second kappa shape index (κ2) is 11.3. The minimum atomic E-state index is -3.89. The Labute approximate surface area is 209 Å². The molecule has 10 heteroatoms. The number of esters is 1. The molecule has 1 amide bonds. The highest BCUT2D eigenvalue weighted by Crippen LogP contribution is 2.25. The fraction of sp³-hybridized carbons (Fsp3) is 0.231. The van der Waals surface area contributed by atoms with Crippen molar-refractivity contribution in [3.8, 4) is 5.75 Å². The Morgan fingerprint density at radius 1 is 0.944 bits per heavy atom. The number of rotatable bonds is 8. The average molecular weight is 511 g/mol. The van der Waals surface area contributed by atoms with Gasteiger partial charge in [0.05, 0.1) is 24.2 Å². The number of benzene rings is 3. The molecule has 0 aliphatic carbocycles. The molecule has 1 fully saturated rings. The zero-order chi connectivity index (χ0) is 25.5. The molecule has 2 N–H and O–H groups in total. The van der Waals surface area contributed by atoms with E-state index in [0.717, 1.165) is 23.3 Å². The van der Waals surface area contributed by atoms with Gasteiger partial charge >= 0.3 is 5.97 Å². The summed E-state index contributed by atoms with van der Waals surface area (Å²) >= 11 is 0. The zero-order valence-electron chi connectivity index (χ0n) is 19.4. The minimum Gasteiger partial charge on any atom is -0.507 e. The number of ether oxygens (including phenoxy) is 2. The van der Waals surface area contributed by atoms with Crippen molar-refractivity contribution in [2.24, 2.45) is 0 Å². The Morgan fingerprint density at radius 2 is 1.53 bits per heavy atom. The van der Waals surface area contributed by atoms with Gasteiger partial charge in [-0.05, 0) is 29.3 Å². The maximum Gasteiger partial charge on any atom is 0.342 e. The number of hydrogen-bond acceptors (Lipinski definition) is 7. The third kappa shape index (κ3) is 5.91. The van der Waals surface area contributed by atoms with Gasteiger partial charge in [0.15, 0.2) is 6.61 Å². The van der Waals surface area contributed by atoms with Crippen LogP contribution in [-0.2, 0) is 24.3 Å². The van der Waals surface area contributed by atoms with Gasteiger partial charge in [0, 0.05) is 13.1 Å². The predicted molar refractivity (Wildman–Crippen MR) is 131 cm³/mol. The van der Waals surface area contributed by atoms with Gasteiger partial charge in [0.25, 0.3) is 5.91 Å². The first-order valence-electron chi connectivity index (χ1n) is 11.3. The second-order valence-electron chi connectivity index (χ2n) is 8.09. The number of nitrogens with one attached hydrogen (secondary N) is 1. The van der Waals surface area contributed by atoms with E-state index in [2.05, 4.69) is 5.32 Å². The van der Waals surface area contributed by atoms with Gasteiger partial charge in [-0.15, -0.1) is 0 Å². The third-order valence-electron chi connectivity index (χ3n) is 5.70. The molecule has 188 valence electrons. The molecule has 0 saturated carbocycles. The fourth-order valence-corrected chi connectivity index (χ4v) is 5.27. The van der Waals surface area contributed by atoms with E-state index < -0.39 is 40.3 Å². The van der Waals surface area contributed by atoms with Crippen molar-refractivity contribution >= 4 is 21.9 Å². The first-order valence-corrected chi connectivity index (χ1v) is 12.8. The molecular formula is C26H26N2O7S. The van der Waals surface area contributed by atoms with E-state index in [0.29, 0.717) is 0 Å². The van der Waals surface area contributed by atoms with Crippen LogP contribution >= 0.6 is 0 Å². The summed E-state index contributed by atoms with van der Waals surface area (Å²) in [5.41, 5.74) is 1.35. The highest BCUT2D eigenvalue weighted by molar-refractivity contribution is 7.89. The van der Waals surface area contributed by atoms with E-state index in [1.54, 1.807) is 0 Å². The second-order valence-corrected chi connectivity index (χ2v) is 10.0. The van der Waals surface area contributed by atoms with Crippen molar-refractivity contribution in [3.05, 3.63) is 95.6 Å². The van der Waals surface area contributed by atoms with Crippen molar-refractivity contribution in [1.29, 1.82) is 0 Å². The number of amides is 1. The number of carbonyl (C=O) groups excluding carboxylic acids is 2. The topological polar surface area (TPSA) is 122 Å². The van der Waals surface area contributed by atoms with Crippen molar-refractivity contribution in [3.63, 3.8) is 0 Å². The van der Waals surface area contributed by atoms with Gasteiger partial charge in [0.2, 0.25) is 10.0 Å². The quantitative estimate of drug-likeness (QED) is 0.447. The lowest BCUT2D eigenvalue weighted by atomic mass is 9.99. The summed E-state index contributed by atoms with van der Waals surface area (Å²) < 4.78 is 37.4. The monoisotopic (exact) mass is 510 g/mol. The molecular weight excluding hydrogens is 484 g/mol. The minimum absolute atomic E-state index is 0.160. The fourth-order valence-electron chi connectivity index (χ4n) is 3.84. The highest BCUT2D eigenvalue weighted by atomic mass is 32.2. The SMILES string of the molecule is O=C(COC(=O)c1cc(S(=O)(=O)N2CCOCC2)ccc1O)NC(c1ccccc1)c1ccccc1. The van der Waals surface area contributed by atoms with E-state index in [9.17, 15) is 23.1 Å². The normalized spacial score (nSPS) is 14.4. The Balaban J connectivity index is 1.45. The molecule has 1 aliphatic heterocycles. The number of sulfonamides is 1. The predicted octanol–water partition coefficient (Wildman–Crippen LogP) is 2.48. The lowest BCUT2D eigenvalue weighted by Crippen LogP contribution is -2.40. The van der Waals surface area contributed by atoms with Gasteiger partial charge in [-0.2, -0.15) is 4.31 Å². The Bertz CT molecular complexity index is 1270. The van der Waals surface area contributed by atoms with Gasteiger partial charge < -0.3 is 19.9 Å². The number of morpholine rings is 1. The summed E-state index contributed by atoms with van der Waals surface area (Å²) in [4.78, 5) is 25.2. The van der Waals surface area contributed by atoms with Gasteiger partial charge in [0.1, 0.15) is 11.3 Å². The van der Waals surface area contributed by atoms with Crippen LogP contribution in [0.5, 0.6) is 5.75 Å². The van der Waals surface area contributed by atoms with Crippen LogP contribution in [0.15, 0.2) is 83.8 Å². The summed E-state index contributed by atoms with van der Waals surface area (Å²) in [5.74, 6) is -2.02. The number of carbonyl (C=O) groups is 2. The Morgan fingerprint density at radius 3 is 2.11 bits per heavy atom. The number of phenols is 1. The number of nitrogens with zero attached hydrogens (tertiary/aromatic N) is 1. The molecule has 1 aliphatic rings. The number of phenolic OH excluding ortho intramolecular Hbond substituents is 1. The largest absolute Gasteiger partial charge is 0.507 e. The molecule has 3 aromatic rings. The first-order chi connectivity index (χ1) is 17.4. The van der Waals surface area contributed by atoms with Crippen LogP contribution in [0, 0.1) is 0 Å². The van der Waals surface area contributed by atoms with E-state index in [1.807, 2.05) is 60.7 Å². The molecule has 0 unspecified atom stereocenters. The zero-order valence-corrected chi connectivity index (χ0v) is 20.2.